The van der Waals surface area contributed by atoms with Gasteiger partial charge in [-0.25, -0.2) is 9.59 Å². The summed E-state index contributed by atoms with van der Waals surface area (Å²) in [6.07, 6.45) is -1.60. The van der Waals surface area contributed by atoms with Crippen molar-refractivity contribution in [1.29, 1.82) is 0 Å². The van der Waals surface area contributed by atoms with E-state index in [9.17, 15) is 18.0 Å². The van der Waals surface area contributed by atoms with E-state index >= 15 is 0 Å². The summed E-state index contributed by atoms with van der Waals surface area (Å²) in [4.78, 5) is 25.9. The second-order valence-corrected chi connectivity index (χ2v) is 9.19. The Balaban J connectivity index is 2.19. The Morgan fingerprint density at radius 2 is 1.79 bits per heavy atom. The predicted molar refractivity (Wildman–Crippen MR) is 101 cm³/mol. The van der Waals surface area contributed by atoms with Crippen LogP contribution in [0.3, 0.4) is 0 Å². The zero-order valence-corrected chi connectivity index (χ0v) is 17.6. The van der Waals surface area contributed by atoms with E-state index in [0.717, 1.165) is 5.56 Å². The van der Waals surface area contributed by atoms with Gasteiger partial charge in [0, 0.05) is 6.42 Å². The summed E-state index contributed by atoms with van der Waals surface area (Å²) in [7, 11) is -4.04. The fraction of sp³-hybridized carbons (Fsp3) is 0.579. The molecule has 28 heavy (non-hydrogen) atoms. The van der Waals surface area contributed by atoms with Crippen molar-refractivity contribution in [3.63, 3.8) is 0 Å². The Morgan fingerprint density at radius 1 is 1.18 bits per heavy atom. The van der Waals surface area contributed by atoms with Crippen LogP contribution in [-0.4, -0.2) is 56.3 Å². The molecule has 0 unspecified atom stereocenters. The summed E-state index contributed by atoms with van der Waals surface area (Å²) < 4.78 is 40.7. The first-order chi connectivity index (χ1) is 12.9. The van der Waals surface area contributed by atoms with Gasteiger partial charge in [0.05, 0.1) is 24.2 Å². The van der Waals surface area contributed by atoms with Gasteiger partial charge >= 0.3 is 12.1 Å². The highest BCUT2D eigenvalue weighted by atomic mass is 32.2. The summed E-state index contributed by atoms with van der Waals surface area (Å²) in [5, 5.41) is 0. The molecule has 1 heterocycles. The lowest BCUT2D eigenvalue weighted by molar-refractivity contribution is -0.148. The number of aryl methyl sites for hydroxylation is 1. The molecule has 0 spiro atoms. The number of esters is 1. The van der Waals surface area contributed by atoms with Crippen LogP contribution in [-0.2, 0) is 28.6 Å². The molecule has 0 radical (unpaired) electrons. The smallest absolute Gasteiger partial charge is 0.411 e. The van der Waals surface area contributed by atoms with Gasteiger partial charge in [-0.3, -0.25) is 9.08 Å². The van der Waals surface area contributed by atoms with Crippen LogP contribution in [0.5, 0.6) is 0 Å². The number of rotatable bonds is 5. The van der Waals surface area contributed by atoms with Crippen LogP contribution in [0.2, 0.25) is 0 Å². The largest absolute Gasteiger partial charge is 0.464 e. The molecule has 1 aliphatic rings. The Kier molecular flexibility index (Phi) is 6.71. The maximum atomic E-state index is 12.5. The highest BCUT2D eigenvalue weighted by Gasteiger charge is 2.44. The second kappa shape index (κ2) is 8.48. The molecule has 9 heteroatoms. The monoisotopic (exact) mass is 413 g/mol. The van der Waals surface area contributed by atoms with Gasteiger partial charge in [-0.05, 0) is 46.8 Å². The van der Waals surface area contributed by atoms with E-state index in [2.05, 4.69) is 0 Å². The fourth-order valence-electron chi connectivity index (χ4n) is 2.79. The van der Waals surface area contributed by atoms with Crippen LogP contribution in [0, 0.1) is 6.92 Å². The second-order valence-electron chi connectivity index (χ2n) is 7.62. The standard InChI is InChI=1S/C19H27NO7S/c1-6-25-17(21)16-11-14(12-20(16)18(22)26-19(3,4)5)27-28(23,24)15-9-7-13(2)8-10-15/h7-10,14,16H,6,11-12H2,1-5H3/t14-,16-/m1/s1. The van der Waals surface area contributed by atoms with Crippen molar-refractivity contribution < 1.29 is 31.7 Å². The average molecular weight is 413 g/mol. The SMILES string of the molecule is CCOC(=O)[C@H]1C[C@@H](OS(=O)(=O)c2ccc(C)cc2)CN1C(=O)OC(C)(C)C. The van der Waals surface area contributed by atoms with Gasteiger partial charge in [-0.2, -0.15) is 8.42 Å². The van der Waals surface area contributed by atoms with Crippen LogP contribution >= 0.6 is 0 Å². The van der Waals surface area contributed by atoms with Crippen LogP contribution in [0.1, 0.15) is 39.7 Å². The summed E-state index contributed by atoms with van der Waals surface area (Å²) in [5.41, 5.74) is 0.154. The molecule has 1 aromatic carbocycles. The number of likely N-dealkylation sites (tertiary alicyclic amines) is 1. The summed E-state index contributed by atoms with van der Waals surface area (Å²) in [5.74, 6) is -0.618. The Bertz CT molecular complexity index is 812. The molecular weight excluding hydrogens is 386 g/mol. The Labute approximate surface area is 165 Å². The van der Waals surface area contributed by atoms with E-state index in [1.165, 1.54) is 17.0 Å². The molecule has 156 valence electrons. The number of hydrogen-bond donors (Lipinski definition) is 0. The lowest BCUT2D eigenvalue weighted by Crippen LogP contribution is -2.44. The lowest BCUT2D eigenvalue weighted by atomic mass is 10.2. The lowest BCUT2D eigenvalue weighted by Gasteiger charge is -2.27. The number of carbonyl (C=O) groups is 2. The molecule has 0 saturated carbocycles. The van der Waals surface area contributed by atoms with Crippen molar-refractivity contribution in [3.05, 3.63) is 29.8 Å². The van der Waals surface area contributed by atoms with Crippen LogP contribution in [0.4, 0.5) is 4.79 Å². The number of benzene rings is 1. The minimum Gasteiger partial charge on any atom is -0.464 e. The number of hydrogen-bond acceptors (Lipinski definition) is 7. The summed E-state index contributed by atoms with van der Waals surface area (Å²) >= 11 is 0. The van der Waals surface area contributed by atoms with Gasteiger partial charge in [0.15, 0.2) is 0 Å². The molecule has 1 aromatic rings. The number of carbonyl (C=O) groups excluding carboxylic acids is 2. The highest BCUT2D eigenvalue weighted by molar-refractivity contribution is 7.86. The van der Waals surface area contributed by atoms with Gasteiger partial charge in [-0.1, -0.05) is 17.7 Å². The van der Waals surface area contributed by atoms with Gasteiger partial charge in [0.2, 0.25) is 0 Å². The molecule has 1 fully saturated rings. The molecule has 2 atom stereocenters. The Hall–Kier alpha value is -2.13. The zero-order chi connectivity index (χ0) is 21.1. The van der Waals surface area contributed by atoms with E-state index in [-0.39, 0.29) is 24.5 Å². The number of ether oxygens (including phenoxy) is 2. The van der Waals surface area contributed by atoms with Crippen molar-refractivity contribution in [2.75, 3.05) is 13.2 Å². The maximum absolute atomic E-state index is 12.5. The zero-order valence-electron chi connectivity index (χ0n) is 16.8. The van der Waals surface area contributed by atoms with Gasteiger partial charge < -0.3 is 9.47 Å². The van der Waals surface area contributed by atoms with Gasteiger partial charge in [0.1, 0.15) is 11.6 Å². The van der Waals surface area contributed by atoms with E-state index in [0.29, 0.717) is 0 Å². The van der Waals surface area contributed by atoms with Crippen LogP contribution in [0.15, 0.2) is 29.2 Å². The quantitative estimate of drug-likeness (QED) is 0.540. The fourth-order valence-corrected chi connectivity index (χ4v) is 3.87. The van der Waals surface area contributed by atoms with Gasteiger partial charge in [0.25, 0.3) is 10.1 Å². The van der Waals surface area contributed by atoms with E-state index in [1.54, 1.807) is 39.8 Å². The van der Waals surface area contributed by atoms with Gasteiger partial charge in [-0.15, -0.1) is 0 Å². The molecule has 0 aromatic heterocycles. The van der Waals surface area contributed by atoms with Crippen LogP contribution in [0.25, 0.3) is 0 Å². The number of amides is 1. The Morgan fingerprint density at radius 3 is 2.32 bits per heavy atom. The van der Waals surface area contributed by atoms with Crippen LogP contribution < -0.4 is 0 Å². The van der Waals surface area contributed by atoms with Crippen molar-refractivity contribution in [1.82, 2.24) is 4.90 Å². The predicted octanol–water partition coefficient (Wildman–Crippen LogP) is 2.64. The minimum atomic E-state index is -4.04. The first kappa shape index (κ1) is 22.2. The van der Waals surface area contributed by atoms with E-state index < -0.39 is 39.9 Å². The van der Waals surface area contributed by atoms with E-state index in [1.807, 2.05) is 6.92 Å². The molecule has 0 aliphatic carbocycles. The molecular formula is C19H27NO7S. The van der Waals surface area contributed by atoms with Crippen molar-refractivity contribution >= 4 is 22.2 Å². The third kappa shape index (κ3) is 5.68. The van der Waals surface area contributed by atoms with Crippen molar-refractivity contribution in [2.24, 2.45) is 0 Å². The molecule has 2 rings (SSSR count). The summed E-state index contributed by atoms with van der Waals surface area (Å²) in [6, 6.07) is 5.27. The highest BCUT2D eigenvalue weighted by Crippen LogP contribution is 2.27. The minimum absolute atomic E-state index is 0.00314. The molecule has 0 bridgehead atoms. The molecule has 1 aliphatic heterocycles. The first-order valence-electron chi connectivity index (χ1n) is 9.09. The topological polar surface area (TPSA) is 99.2 Å². The average Bonchev–Trinajstić information content (AvgIpc) is 2.97. The first-order valence-corrected chi connectivity index (χ1v) is 10.5. The van der Waals surface area contributed by atoms with E-state index in [4.69, 9.17) is 13.7 Å². The molecule has 1 saturated heterocycles. The van der Waals surface area contributed by atoms with Crippen molar-refractivity contribution in [2.45, 2.75) is 63.7 Å². The molecule has 8 nitrogen and oxygen atoms in total. The molecule has 0 N–H and O–H groups in total. The third-order valence-electron chi connectivity index (χ3n) is 4.02. The maximum Gasteiger partial charge on any atom is 0.411 e. The normalized spacial score (nSPS) is 20.1. The van der Waals surface area contributed by atoms with Crippen molar-refractivity contribution in [3.8, 4) is 0 Å². The summed E-state index contributed by atoms with van der Waals surface area (Å²) in [6.45, 7) is 8.66. The molecule has 1 amide bonds. The number of nitrogens with zero attached hydrogens (tertiary/aromatic N) is 1. The third-order valence-corrected chi connectivity index (χ3v) is 5.40.